The van der Waals surface area contributed by atoms with Crippen LogP contribution in [0.4, 0.5) is 5.69 Å². The Kier molecular flexibility index (Phi) is 6.94. The van der Waals surface area contributed by atoms with Gasteiger partial charge in [-0.1, -0.05) is 25.1 Å². The Morgan fingerprint density at radius 2 is 1.86 bits per heavy atom. The first-order valence-electron chi connectivity index (χ1n) is 10.5. The molecule has 0 saturated carbocycles. The molecular formula is C22H34N4O2. The number of likely N-dealkylation sites (N-methyl/N-ethyl adjacent to an activating group) is 1. The van der Waals surface area contributed by atoms with E-state index in [-0.39, 0.29) is 17.7 Å². The zero-order valence-corrected chi connectivity index (χ0v) is 17.6. The average Bonchev–Trinajstić information content (AvgIpc) is 2.72. The minimum absolute atomic E-state index is 0.0469. The Morgan fingerprint density at radius 1 is 1.14 bits per heavy atom. The van der Waals surface area contributed by atoms with Gasteiger partial charge >= 0.3 is 0 Å². The van der Waals surface area contributed by atoms with Gasteiger partial charge in [-0.25, -0.2) is 0 Å². The summed E-state index contributed by atoms with van der Waals surface area (Å²) < 4.78 is 0. The van der Waals surface area contributed by atoms with Gasteiger partial charge in [-0.2, -0.15) is 0 Å². The summed E-state index contributed by atoms with van der Waals surface area (Å²) in [6.07, 6.45) is 2.21. The van der Waals surface area contributed by atoms with Crippen molar-refractivity contribution in [3.8, 4) is 0 Å². The fourth-order valence-corrected chi connectivity index (χ4v) is 4.20. The van der Waals surface area contributed by atoms with Crippen molar-refractivity contribution >= 4 is 17.5 Å². The third-order valence-corrected chi connectivity index (χ3v) is 5.97. The van der Waals surface area contributed by atoms with Gasteiger partial charge in [0, 0.05) is 57.9 Å². The minimum atomic E-state index is -0.0469. The monoisotopic (exact) mass is 386 g/mol. The van der Waals surface area contributed by atoms with E-state index in [2.05, 4.69) is 41.0 Å². The zero-order valence-electron chi connectivity index (χ0n) is 17.6. The molecule has 1 aromatic carbocycles. The van der Waals surface area contributed by atoms with E-state index in [1.807, 2.05) is 23.9 Å². The summed E-state index contributed by atoms with van der Waals surface area (Å²) in [6.45, 7) is 7.57. The second kappa shape index (κ2) is 9.41. The normalized spacial score (nSPS) is 20.8. The smallest absolute Gasteiger partial charge is 0.227 e. The van der Waals surface area contributed by atoms with Crippen LogP contribution < -0.4 is 4.90 Å². The van der Waals surface area contributed by atoms with Crippen molar-refractivity contribution in [1.29, 1.82) is 0 Å². The Bertz CT molecular complexity index is 683. The van der Waals surface area contributed by atoms with E-state index in [0.717, 1.165) is 39.1 Å². The second-order valence-electron chi connectivity index (χ2n) is 8.17. The maximum Gasteiger partial charge on any atom is 0.227 e. The van der Waals surface area contributed by atoms with Gasteiger partial charge in [0.1, 0.15) is 0 Å². The van der Waals surface area contributed by atoms with E-state index in [9.17, 15) is 9.59 Å². The first-order chi connectivity index (χ1) is 13.5. The molecule has 2 aliphatic heterocycles. The molecule has 2 heterocycles. The summed E-state index contributed by atoms with van der Waals surface area (Å²) in [4.78, 5) is 33.6. The number of carbonyl (C=O) groups excluding carboxylic acids is 2. The van der Waals surface area contributed by atoms with E-state index in [1.54, 1.807) is 0 Å². The molecule has 2 saturated heterocycles. The molecule has 0 bridgehead atoms. The lowest BCUT2D eigenvalue weighted by Gasteiger charge is -2.40. The molecule has 3 rings (SSSR count). The molecular weight excluding hydrogens is 352 g/mol. The number of piperazine rings is 1. The van der Waals surface area contributed by atoms with Crippen LogP contribution in [-0.4, -0.2) is 86.4 Å². The third-order valence-electron chi connectivity index (χ3n) is 5.97. The highest BCUT2D eigenvalue weighted by atomic mass is 16.2. The fraction of sp³-hybridized carbons (Fsp3) is 0.636. The molecule has 1 atom stereocenters. The van der Waals surface area contributed by atoms with Crippen LogP contribution in [0.3, 0.4) is 0 Å². The summed E-state index contributed by atoms with van der Waals surface area (Å²) in [5.74, 6) is 0.368. The van der Waals surface area contributed by atoms with Crippen molar-refractivity contribution in [2.24, 2.45) is 5.92 Å². The maximum atomic E-state index is 13.1. The van der Waals surface area contributed by atoms with E-state index in [0.29, 0.717) is 25.9 Å². The van der Waals surface area contributed by atoms with Gasteiger partial charge < -0.3 is 19.6 Å². The quantitative estimate of drug-likeness (QED) is 0.747. The van der Waals surface area contributed by atoms with E-state index in [4.69, 9.17) is 0 Å². The number of likely N-dealkylation sites (tertiary alicyclic amines) is 1. The van der Waals surface area contributed by atoms with Crippen molar-refractivity contribution in [3.63, 3.8) is 0 Å². The third kappa shape index (κ3) is 4.85. The molecule has 0 aromatic heterocycles. The lowest BCUT2D eigenvalue weighted by molar-refractivity contribution is -0.143. The fourth-order valence-electron chi connectivity index (χ4n) is 4.20. The average molecular weight is 387 g/mol. The van der Waals surface area contributed by atoms with E-state index in [1.165, 1.54) is 11.3 Å². The highest BCUT2D eigenvalue weighted by molar-refractivity contribution is 5.84. The Balaban J connectivity index is 1.55. The predicted molar refractivity (Wildman–Crippen MR) is 112 cm³/mol. The van der Waals surface area contributed by atoms with Crippen molar-refractivity contribution in [2.45, 2.75) is 26.2 Å². The molecule has 6 nitrogen and oxygen atoms in total. The van der Waals surface area contributed by atoms with Crippen molar-refractivity contribution in [3.05, 3.63) is 29.8 Å². The summed E-state index contributed by atoms with van der Waals surface area (Å²) in [7, 11) is 4.01. The Hall–Kier alpha value is -2.08. The largest absolute Gasteiger partial charge is 0.368 e. The number of hydrogen-bond acceptors (Lipinski definition) is 4. The summed E-state index contributed by atoms with van der Waals surface area (Å²) in [5, 5.41) is 0. The summed E-state index contributed by atoms with van der Waals surface area (Å²) >= 11 is 0. The number of aryl methyl sites for hydroxylation is 1. The van der Waals surface area contributed by atoms with Gasteiger partial charge in [-0.05, 0) is 38.6 Å². The van der Waals surface area contributed by atoms with Crippen LogP contribution in [-0.2, 0) is 16.0 Å². The van der Waals surface area contributed by atoms with Gasteiger partial charge in [-0.3, -0.25) is 9.59 Å². The van der Waals surface area contributed by atoms with Crippen LogP contribution >= 0.6 is 0 Å². The molecule has 0 radical (unpaired) electrons. The number of rotatable bonds is 6. The van der Waals surface area contributed by atoms with Gasteiger partial charge in [0.05, 0.1) is 5.92 Å². The summed E-state index contributed by atoms with van der Waals surface area (Å²) in [5.41, 5.74) is 2.67. The molecule has 0 N–H and O–H groups in total. The molecule has 1 aromatic rings. The first kappa shape index (κ1) is 20.6. The molecule has 154 valence electrons. The lowest BCUT2D eigenvalue weighted by atomic mass is 9.95. The number of piperidine rings is 1. The van der Waals surface area contributed by atoms with Gasteiger partial charge in [0.15, 0.2) is 0 Å². The number of benzene rings is 1. The van der Waals surface area contributed by atoms with Crippen LogP contribution in [0, 0.1) is 5.92 Å². The lowest BCUT2D eigenvalue weighted by Crippen LogP contribution is -2.53. The molecule has 28 heavy (non-hydrogen) atoms. The molecule has 0 spiro atoms. The van der Waals surface area contributed by atoms with Crippen molar-refractivity contribution in [2.75, 3.05) is 64.8 Å². The number of nitrogens with zero attached hydrogens (tertiary/aromatic N) is 4. The number of carbonyl (C=O) groups is 2. The molecule has 2 amide bonds. The van der Waals surface area contributed by atoms with Crippen LogP contribution in [0.15, 0.2) is 24.3 Å². The standard InChI is InChI=1S/C22H34N4O2/c1-4-18-7-5-6-8-20(18)24-13-15-25(16-14-24)22(28)19-9-10-21(27)26(17-19)12-11-23(2)3/h5-8,19H,4,9-17H2,1-3H3/t19-/m0/s1. The Morgan fingerprint density at radius 3 is 2.54 bits per heavy atom. The Labute approximate surface area is 169 Å². The summed E-state index contributed by atoms with van der Waals surface area (Å²) in [6, 6.07) is 8.56. The van der Waals surface area contributed by atoms with Crippen LogP contribution in [0.25, 0.3) is 0 Å². The highest BCUT2D eigenvalue weighted by Gasteiger charge is 2.33. The number of amides is 2. The van der Waals surface area contributed by atoms with Crippen LogP contribution in [0.5, 0.6) is 0 Å². The topological polar surface area (TPSA) is 47.1 Å². The second-order valence-corrected chi connectivity index (χ2v) is 8.17. The zero-order chi connectivity index (χ0) is 20.1. The molecule has 2 aliphatic rings. The highest BCUT2D eigenvalue weighted by Crippen LogP contribution is 2.24. The minimum Gasteiger partial charge on any atom is -0.368 e. The SMILES string of the molecule is CCc1ccccc1N1CCN(C(=O)[C@H]2CCC(=O)N(CCN(C)C)C2)CC1. The van der Waals surface area contributed by atoms with Gasteiger partial charge in [0.2, 0.25) is 11.8 Å². The van der Waals surface area contributed by atoms with Crippen LogP contribution in [0.1, 0.15) is 25.3 Å². The molecule has 6 heteroatoms. The first-order valence-corrected chi connectivity index (χ1v) is 10.5. The number of para-hydroxylation sites is 1. The van der Waals surface area contributed by atoms with Crippen LogP contribution in [0.2, 0.25) is 0 Å². The van der Waals surface area contributed by atoms with Gasteiger partial charge in [0.25, 0.3) is 0 Å². The molecule has 0 aliphatic carbocycles. The molecule has 0 unspecified atom stereocenters. The van der Waals surface area contributed by atoms with Gasteiger partial charge in [-0.15, -0.1) is 0 Å². The van der Waals surface area contributed by atoms with Crippen molar-refractivity contribution < 1.29 is 9.59 Å². The van der Waals surface area contributed by atoms with Crippen molar-refractivity contribution in [1.82, 2.24) is 14.7 Å². The molecule has 2 fully saturated rings. The number of hydrogen-bond donors (Lipinski definition) is 0. The number of anilines is 1. The maximum absolute atomic E-state index is 13.1. The predicted octanol–water partition coefficient (Wildman–Crippen LogP) is 1.70. The van der Waals surface area contributed by atoms with E-state index < -0.39 is 0 Å². The van der Waals surface area contributed by atoms with E-state index >= 15 is 0 Å².